The van der Waals surface area contributed by atoms with Gasteiger partial charge >= 0.3 is 0 Å². The summed E-state index contributed by atoms with van der Waals surface area (Å²) in [4.78, 5) is 13.1. The van der Waals surface area contributed by atoms with Crippen LogP contribution in [0.4, 0.5) is 5.69 Å². The Bertz CT molecular complexity index is 1210. The van der Waals surface area contributed by atoms with Crippen LogP contribution in [-0.4, -0.2) is 54.6 Å². The molecule has 3 rings (SSSR count). The van der Waals surface area contributed by atoms with E-state index < -0.39 is 25.0 Å². The zero-order valence-electron chi connectivity index (χ0n) is 17.6. The largest absolute Gasteiger partial charge is 0.493 e. The maximum atomic E-state index is 12.6. The molecule has 1 fully saturated rings. The standard InChI is InChI=1S/C20H24N2O8S2/c1-29-17-12-14(19(32(26,27)28)13-18(17)30-2)9-10-21-31(24,25)16-7-5-15(6-8-16)22-11-3-4-20(22)23/h5-8,12-13,21H,3-4,9-11H2,1-2H3,(H,26,27,28). The Morgan fingerprint density at radius 3 is 2.19 bits per heavy atom. The first kappa shape index (κ1) is 24.0. The summed E-state index contributed by atoms with van der Waals surface area (Å²) in [5, 5.41) is 0. The summed E-state index contributed by atoms with van der Waals surface area (Å²) in [7, 11) is -5.76. The third-order valence-electron chi connectivity index (χ3n) is 5.06. The molecule has 1 aliphatic heterocycles. The molecule has 0 bridgehead atoms. The summed E-state index contributed by atoms with van der Waals surface area (Å²) in [5.74, 6) is 0.356. The van der Waals surface area contributed by atoms with Crippen molar-refractivity contribution in [1.29, 1.82) is 0 Å². The maximum Gasteiger partial charge on any atom is 0.294 e. The van der Waals surface area contributed by atoms with Crippen molar-refractivity contribution >= 4 is 31.7 Å². The van der Waals surface area contributed by atoms with Crippen LogP contribution in [0, 0.1) is 0 Å². The van der Waals surface area contributed by atoms with E-state index >= 15 is 0 Å². The average Bonchev–Trinajstić information content (AvgIpc) is 3.18. The second-order valence-corrected chi connectivity index (χ2v) is 10.2. The quantitative estimate of drug-likeness (QED) is 0.512. The van der Waals surface area contributed by atoms with Gasteiger partial charge in [-0.05, 0) is 48.7 Å². The summed E-state index contributed by atoms with van der Waals surface area (Å²) >= 11 is 0. The van der Waals surface area contributed by atoms with E-state index in [1.807, 2.05) is 0 Å². The number of methoxy groups -OCH3 is 2. The first-order chi connectivity index (χ1) is 15.1. The number of anilines is 1. The van der Waals surface area contributed by atoms with Crippen LogP contribution in [0.1, 0.15) is 18.4 Å². The van der Waals surface area contributed by atoms with E-state index in [1.165, 1.54) is 32.4 Å². The molecule has 1 aliphatic rings. The van der Waals surface area contributed by atoms with Crippen LogP contribution in [0.2, 0.25) is 0 Å². The van der Waals surface area contributed by atoms with Crippen molar-refractivity contribution in [3.05, 3.63) is 42.0 Å². The number of nitrogens with one attached hydrogen (secondary N) is 1. The monoisotopic (exact) mass is 484 g/mol. The molecule has 1 amide bonds. The number of ether oxygens (including phenoxy) is 2. The SMILES string of the molecule is COc1cc(CCNS(=O)(=O)c2ccc(N3CCCC3=O)cc2)c(S(=O)(=O)O)cc1OC. The summed E-state index contributed by atoms with van der Waals surface area (Å²) in [6.07, 6.45) is 1.21. The first-order valence-corrected chi connectivity index (χ1v) is 12.6. The number of sulfonamides is 1. The van der Waals surface area contributed by atoms with Crippen molar-refractivity contribution in [1.82, 2.24) is 4.72 Å². The predicted octanol–water partition coefficient (Wildman–Crippen LogP) is 1.60. The first-order valence-electron chi connectivity index (χ1n) is 9.69. The number of carbonyl (C=O) groups is 1. The fourth-order valence-corrected chi connectivity index (χ4v) is 5.25. The van der Waals surface area contributed by atoms with E-state index in [0.717, 1.165) is 12.5 Å². The highest BCUT2D eigenvalue weighted by Crippen LogP contribution is 2.33. The minimum atomic E-state index is -4.57. The zero-order chi connectivity index (χ0) is 23.5. The van der Waals surface area contributed by atoms with E-state index in [4.69, 9.17) is 9.47 Å². The Morgan fingerprint density at radius 2 is 1.66 bits per heavy atom. The topological polar surface area (TPSA) is 139 Å². The van der Waals surface area contributed by atoms with Crippen LogP contribution in [0.15, 0.2) is 46.2 Å². The molecular formula is C20H24N2O8S2. The maximum absolute atomic E-state index is 12.6. The van der Waals surface area contributed by atoms with Crippen LogP contribution in [0.5, 0.6) is 11.5 Å². The molecule has 0 radical (unpaired) electrons. The molecule has 0 aliphatic carbocycles. The summed E-state index contributed by atoms with van der Waals surface area (Å²) in [6, 6.07) is 8.45. The molecule has 0 spiro atoms. The lowest BCUT2D eigenvalue weighted by molar-refractivity contribution is -0.117. The second kappa shape index (κ2) is 9.45. The van der Waals surface area contributed by atoms with Crippen LogP contribution in [0.25, 0.3) is 0 Å². The fourth-order valence-electron chi connectivity index (χ4n) is 3.47. The number of nitrogens with zero attached hydrogens (tertiary/aromatic N) is 1. The van der Waals surface area contributed by atoms with Gasteiger partial charge in [0.2, 0.25) is 15.9 Å². The van der Waals surface area contributed by atoms with Crippen LogP contribution < -0.4 is 19.1 Å². The Labute approximate surface area is 186 Å². The van der Waals surface area contributed by atoms with Crippen LogP contribution in [-0.2, 0) is 31.4 Å². The predicted molar refractivity (Wildman–Crippen MR) is 116 cm³/mol. The van der Waals surface area contributed by atoms with E-state index in [0.29, 0.717) is 18.7 Å². The number of amides is 1. The highest BCUT2D eigenvalue weighted by atomic mass is 32.2. The van der Waals surface area contributed by atoms with Gasteiger partial charge in [0.05, 0.1) is 19.1 Å². The molecule has 174 valence electrons. The highest BCUT2D eigenvalue weighted by molar-refractivity contribution is 7.89. The van der Waals surface area contributed by atoms with Crippen molar-refractivity contribution in [2.75, 3.05) is 32.2 Å². The lowest BCUT2D eigenvalue weighted by Gasteiger charge is -2.16. The molecular weight excluding hydrogens is 460 g/mol. The average molecular weight is 485 g/mol. The highest BCUT2D eigenvalue weighted by Gasteiger charge is 2.23. The lowest BCUT2D eigenvalue weighted by atomic mass is 10.1. The minimum Gasteiger partial charge on any atom is -0.493 e. The summed E-state index contributed by atoms with van der Waals surface area (Å²) in [5.41, 5.74) is 0.797. The van der Waals surface area contributed by atoms with Crippen molar-refractivity contribution in [3.63, 3.8) is 0 Å². The van der Waals surface area contributed by atoms with Gasteiger partial charge in [0.15, 0.2) is 11.5 Å². The number of hydrogen-bond acceptors (Lipinski definition) is 7. The van der Waals surface area contributed by atoms with Crippen LogP contribution >= 0.6 is 0 Å². The molecule has 10 nitrogen and oxygen atoms in total. The lowest BCUT2D eigenvalue weighted by Crippen LogP contribution is -2.27. The van der Waals surface area contributed by atoms with E-state index in [9.17, 15) is 26.2 Å². The number of rotatable bonds is 9. The van der Waals surface area contributed by atoms with Gasteiger partial charge in [0.25, 0.3) is 10.1 Å². The van der Waals surface area contributed by atoms with Gasteiger partial charge in [-0.1, -0.05) is 0 Å². The summed E-state index contributed by atoms with van der Waals surface area (Å²) < 4.78 is 70.9. The van der Waals surface area contributed by atoms with E-state index in [1.54, 1.807) is 17.0 Å². The molecule has 2 N–H and O–H groups in total. The van der Waals surface area contributed by atoms with E-state index in [-0.39, 0.29) is 40.8 Å². The Balaban J connectivity index is 1.75. The van der Waals surface area contributed by atoms with E-state index in [2.05, 4.69) is 4.72 Å². The third-order valence-corrected chi connectivity index (χ3v) is 7.48. The van der Waals surface area contributed by atoms with Crippen molar-refractivity contribution in [2.45, 2.75) is 29.1 Å². The van der Waals surface area contributed by atoms with Crippen molar-refractivity contribution < 1.29 is 35.7 Å². The van der Waals surface area contributed by atoms with Gasteiger partial charge in [-0.25, -0.2) is 13.1 Å². The normalized spacial score (nSPS) is 14.6. The molecule has 1 saturated heterocycles. The Hall–Kier alpha value is -2.67. The van der Waals surface area contributed by atoms with Gasteiger partial charge < -0.3 is 14.4 Å². The molecule has 32 heavy (non-hydrogen) atoms. The molecule has 0 aromatic heterocycles. The number of benzene rings is 2. The summed E-state index contributed by atoms with van der Waals surface area (Å²) in [6.45, 7) is 0.470. The molecule has 12 heteroatoms. The van der Waals surface area contributed by atoms with Gasteiger partial charge in [-0.2, -0.15) is 8.42 Å². The van der Waals surface area contributed by atoms with Crippen molar-refractivity contribution in [3.8, 4) is 11.5 Å². The van der Waals surface area contributed by atoms with Gasteiger partial charge in [-0.15, -0.1) is 0 Å². The molecule has 0 saturated carbocycles. The molecule has 2 aromatic rings. The molecule has 0 atom stereocenters. The smallest absolute Gasteiger partial charge is 0.294 e. The Kier molecular flexibility index (Phi) is 7.08. The van der Waals surface area contributed by atoms with Crippen molar-refractivity contribution in [2.24, 2.45) is 0 Å². The van der Waals surface area contributed by atoms with Crippen LogP contribution in [0.3, 0.4) is 0 Å². The third kappa shape index (κ3) is 5.21. The molecule has 0 unspecified atom stereocenters. The number of carbonyl (C=O) groups excluding carboxylic acids is 1. The van der Waals surface area contributed by atoms with Gasteiger partial charge in [0.1, 0.15) is 4.90 Å². The van der Waals surface area contributed by atoms with Gasteiger partial charge in [0, 0.05) is 31.3 Å². The Morgan fingerprint density at radius 1 is 1.03 bits per heavy atom. The second-order valence-electron chi connectivity index (χ2n) is 7.08. The van der Waals surface area contributed by atoms with Gasteiger partial charge in [-0.3, -0.25) is 9.35 Å². The fraction of sp³-hybridized carbons (Fsp3) is 0.350. The number of hydrogen-bond donors (Lipinski definition) is 2. The molecule has 1 heterocycles. The zero-order valence-corrected chi connectivity index (χ0v) is 19.2. The molecule has 2 aromatic carbocycles. The minimum absolute atomic E-state index is 0.00305.